The second-order valence-electron chi connectivity index (χ2n) is 5.97. The highest BCUT2D eigenvalue weighted by atomic mass is 35.5. The Balaban J connectivity index is 1.66. The fraction of sp³-hybridized carbons (Fsp3) is 0.368. The predicted octanol–water partition coefficient (Wildman–Crippen LogP) is 4.27. The van der Waals surface area contributed by atoms with Crippen LogP contribution in [0.5, 0.6) is 5.75 Å². The molecule has 1 aliphatic rings. The van der Waals surface area contributed by atoms with Crippen LogP contribution < -0.4 is 4.74 Å². The van der Waals surface area contributed by atoms with E-state index in [1.54, 1.807) is 24.0 Å². The van der Waals surface area contributed by atoms with E-state index in [1.807, 2.05) is 24.3 Å². The summed E-state index contributed by atoms with van der Waals surface area (Å²) < 4.78 is 10.6. The smallest absolute Gasteiger partial charge is 0.409 e. The minimum atomic E-state index is -0.321. The number of piperidine rings is 1. The van der Waals surface area contributed by atoms with Crippen LogP contribution in [0, 0.1) is 5.92 Å². The van der Waals surface area contributed by atoms with Gasteiger partial charge in [-0.15, -0.1) is 0 Å². The molecule has 6 heteroatoms. The Bertz CT molecular complexity index is 784. The first-order chi connectivity index (χ1) is 12.1. The van der Waals surface area contributed by atoms with E-state index in [4.69, 9.17) is 21.1 Å². The lowest BCUT2D eigenvalue weighted by molar-refractivity contribution is -0.140. The van der Waals surface area contributed by atoms with Gasteiger partial charge in [-0.05, 0) is 31.9 Å². The SMILES string of the molecule is CCOC(=O)N1CCC(C(=O)Oc2ccc(Cl)c3ccccc23)CC1. The number of benzene rings is 2. The van der Waals surface area contributed by atoms with Gasteiger partial charge in [-0.1, -0.05) is 35.9 Å². The van der Waals surface area contributed by atoms with Crippen LogP contribution in [-0.4, -0.2) is 36.7 Å². The number of likely N-dealkylation sites (tertiary alicyclic amines) is 1. The van der Waals surface area contributed by atoms with Crippen molar-refractivity contribution >= 4 is 34.4 Å². The van der Waals surface area contributed by atoms with Crippen molar-refractivity contribution in [2.75, 3.05) is 19.7 Å². The molecule has 1 saturated heterocycles. The first-order valence-electron chi connectivity index (χ1n) is 8.40. The largest absolute Gasteiger partial charge is 0.450 e. The van der Waals surface area contributed by atoms with Crippen LogP contribution >= 0.6 is 11.6 Å². The molecule has 25 heavy (non-hydrogen) atoms. The second kappa shape index (κ2) is 7.74. The molecule has 0 spiro atoms. The Hall–Kier alpha value is -2.27. The van der Waals surface area contributed by atoms with E-state index in [0.29, 0.717) is 43.3 Å². The molecule has 1 fully saturated rings. The average Bonchev–Trinajstić information content (AvgIpc) is 2.64. The van der Waals surface area contributed by atoms with Crippen molar-refractivity contribution in [1.82, 2.24) is 4.90 Å². The predicted molar refractivity (Wildman–Crippen MR) is 95.9 cm³/mol. The molecular formula is C19H20ClNO4. The Kier molecular flexibility index (Phi) is 5.43. The number of ether oxygens (including phenoxy) is 2. The molecule has 1 heterocycles. The lowest BCUT2D eigenvalue weighted by Gasteiger charge is -2.30. The summed E-state index contributed by atoms with van der Waals surface area (Å²) >= 11 is 6.20. The number of carbonyl (C=O) groups is 2. The van der Waals surface area contributed by atoms with Gasteiger partial charge in [-0.2, -0.15) is 0 Å². The lowest BCUT2D eigenvalue weighted by Crippen LogP contribution is -2.41. The van der Waals surface area contributed by atoms with E-state index in [-0.39, 0.29) is 18.0 Å². The standard InChI is InChI=1S/C19H20ClNO4/c1-2-24-19(23)21-11-9-13(10-12-21)18(22)25-17-8-7-16(20)14-5-3-4-6-15(14)17/h3-8,13H,2,9-12H2,1H3. The molecule has 2 aromatic carbocycles. The van der Waals surface area contributed by atoms with Gasteiger partial charge >= 0.3 is 12.1 Å². The van der Waals surface area contributed by atoms with Crippen molar-refractivity contribution in [3.63, 3.8) is 0 Å². The summed E-state index contributed by atoms with van der Waals surface area (Å²) in [6.45, 7) is 3.13. The molecule has 5 nitrogen and oxygen atoms in total. The minimum Gasteiger partial charge on any atom is -0.450 e. The molecule has 0 unspecified atom stereocenters. The van der Waals surface area contributed by atoms with E-state index < -0.39 is 0 Å². The van der Waals surface area contributed by atoms with Crippen molar-refractivity contribution < 1.29 is 19.1 Å². The molecule has 2 aromatic rings. The highest BCUT2D eigenvalue weighted by molar-refractivity contribution is 6.35. The third kappa shape index (κ3) is 3.87. The Labute approximate surface area is 151 Å². The molecule has 1 amide bonds. The molecule has 0 bridgehead atoms. The van der Waals surface area contributed by atoms with Crippen molar-refractivity contribution in [3.8, 4) is 5.75 Å². The summed E-state index contributed by atoms with van der Waals surface area (Å²) in [5.41, 5.74) is 0. The summed E-state index contributed by atoms with van der Waals surface area (Å²) in [4.78, 5) is 25.9. The normalized spacial score (nSPS) is 15.2. The zero-order valence-electron chi connectivity index (χ0n) is 14.0. The topological polar surface area (TPSA) is 55.8 Å². The molecule has 0 atom stereocenters. The van der Waals surface area contributed by atoms with Crippen molar-refractivity contribution in [2.45, 2.75) is 19.8 Å². The van der Waals surface area contributed by atoms with E-state index in [2.05, 4.69) is 0 Å². The van der Waals surface area contributed by atoms with Crippen LogP contribution in [0.2, 0.25) is 5.02 Å². The summed E-state index contributed by atoms with van der Waals surface area (Å²) in [6, 6.07) is 11.0. The summed E-state index contributed by atoms with van der Waals surface area (Å²) in [7, 11) is 0. The quantitative estimate of drug-likeness (QED) is 0.605. The van der Waals surface area contributed by atoms with Crippen LogP contribution in [0.4, 0.5) is 4.79 Å². The van der Waals surface area contributed by atoms with Crippen LogP contribution in [0.15, 0.2) is 36.4 Å². The van der Waals surface area contributed by atoms with Crippen LogP contribution in [0.1, 0.15) is 19.8 Å². The number of carbonyl (C=O) groups excluding carboxylic acids is 2. The van der Waals surface area contributed by atoms with E-state index in [9.17, 15) is 9.59 Å². The number of rotatable bonds is 3. The van der Waals surface area contributed by atoms with Gasteiger partial charge in [0, 0.05) is 28.9 Å². The van der Waals surface area contributed by atoms with Gasteiger partial charge < -0.3 is 14.4 Å². The number of hydrogen-bond acceptors (Lipinski definition) is 4. The van der Waals surface area contributed by atoms with Crippen molar-refractivity contribution in [3.05, 3.63) is 41.4 Å². The lowest BCUT2D eigenvalue weighted by atomic mass is 9.97. The molecule has 0 aromatic heterocycles. The van der Waals surface area contributed by atoms with Gasteiger partial charge in [-0.25, -0.2) is 4.79 Å². The zero-order valence-corrected chi connectivity index (χ0v) is 14.8. The van der Waals surface area contributed by atoms with Gasteiger partial charge in [-0.3, -0.25) is 4.79 Å². The number of halogens is 1. The van der Waals surface area contributed by atoms with Gasteiger partial charge in [0.15, 0.2) is 0 Å². The number of esters is 1. The number of amides is 1. The summed E-state index contributed by atoms with van der Waals surface area (Å²) in [6.07, 6.45) is 0.824. The fourth-order valence-corrected chi connectivity index (χ4v) is 3.26. The van der Waals surface area contributed by atoms with E-state index in [1.165, 1.54) is 0 Å². The first kappa shape index (κ1) is 17.5. The Morgan fingerprint density at radius 1 is 1.12 bits per heavy atom. The molecule has 3 rings (SSSR count). The monoisotopic (exact) mass is 361 g/mol. The fourth-order valence-electron chi connectivity index (χ4n) is 3.03. The molecule has 0 saturated carbocycles. The molecule has 0 aliphatic carbocycles. The molecular weight excluding hydrogens is 342 g/mol. The Morgan fingerprint density at radius 2 is 1.80 bits per heavy atom. The van der Waals surface area contributed by atoms with Crippen LogP contribution in [0.3, 0.4) is 0 Å². The van der Waals surface area contributed by atoms with Crippen molar-refractivity contribution in [2.24, 2.45) is 5.92 Å². The van der Waals surface area contributed by atoms with Crippen LogP contribution in [-0.2, 0) is 9.53 Å². The maximum Gasteiger partial charge on any atom is 0.409 e. The van der Waals surface area contributed by atoms with E-state index >= 15 is 0 Å². The Morgan fingerprint density at radius 3 is 2.48 bits per heavy atom. The zero-order chi connectivity index (χ0) is 17.8. The maximum absolute atomic E-state index is 12.5. The third-order valence-corrected chi connectivity index (χ3v) is 4.73. The molecule has 132 valence electrons. The number of hydrogen-bond donors (Lipinski definition) is 0. The van der Waals surface area contributed by atoms with Gasteiger partial charge in [0.1, 0.15) is 5.75 Å². The highest BCUT2D eigenvalue weighted by Crippen LogP contribution is 2.32. The summed E-state index contributed by atoms with van der Waals surface area (Å²) in [5.74, 6) is 0.0222. The van der Waals surface area contributed by atoms with Gasteiger partial charge in [0.05, 0.1) is 12.5 Å². The number of fused-ring (bicyclic) bond motifs is 1. The minimum absolute atomic E-state index is 0.222. The first-order valence-corrected chi connectivity index (χ1v) is 8.78. The van der Waals surface area contributed by atoms with Gasteiger partial charge in [0.25, 0.3) is 0 Å². The molecule has 0 radical (unpaired) electrons. The summed E-state index contributed by atoms with van der Waals surface area (Å²) in [5, 5.41) is 2.29. The average molecular weight is 362 g/mol. The van der Waals surface area contributed by atoms with Gasteiger partial charge in [0.2, 0.25) is 0 Å². The van der Waals surface area contributed by atoms with Crippen molar-refractivity contribution in [1.29, 1.82) is 0 Å². The highest BCUT2D eigenvalue weighted by Gasteiger charge is 2.29. The molecule has 0 N–H and O–H groups in total. The molecule has 1 aliphatic heterocycles. The third-order valence-electron chi connectivity index (χ3n) is 4.40. The second-order valence-corrected chi connectivity index (χ2v) is 6.38. The van der Waals surface area contributed by atoms with Crippen LogP contribution in [0.25, 0.3) is 10.8 Å². The maximum atomic E-state index is 12.5. The number of nitrogens with zero attached hydrogens (tertiary/aromatic N) is 1. The van der Waals surface area contributed by atoms with E-state index in [0.717, 1.165) is 10.8 Å².